The van der Waals surface area contributed by atoms with Gasteiger partial charge in [-0.2, -0.15) is 5.26 Å². The van der Waals surface area contributed by atoms with Gasteiger partial charge in [0, 0.05) is 12.7 Å². The van der Waals surface area contributed by atoms with Crippen LogP contribution in [0.25, 0.3) is 0 Å². The van der Waals surface area contributed by atoms with E-state index in [0.29, 0.717) is 17.8 Å². The van der Waals surface area contributed by atoms with Gasteiger partial charge in [0.1, 0.15) is 11.8 Å². The molecule has 0 aliphatic carbocycles. The SMILES string of the molecule is CCCC(C)(C)CNC(=O)c1ccc(C#N)cn1. The molecule has 1 N–H and O–H groups in total. The number of pyridine rings is 1. The molecule has 0 fully saturated rings. The maximum Gasteiger partial charge on any atom is 0.269 e. The highest BCUT2D eigenvalue weighted by atomic mass is 16.1. The lowest BCUT2D eigenvalue weighted by Crippen LogP contribution is -2.34. The molecule has 1 rings (SSSR count). The van der Waals surface area contributed by atoms with E-state index in [2.05, 4.69) is 31.1 Å². The summed E-state index contributed by atoms with van der Waals surface area (Å²) in [6, 6.07) is 5.14. The Balaban J connectivity index is 2.58. The second-order valence-electron chi connectivity index (χ2n) is 5.14. The zero-order valence-electron chi connectivity index (χ0n) is 11.2. The first-order valence-electron chi connectivity index (χ1n) is 6.13. The van der Waals surface area contributed by atoms with Crippen molar-refractivity contribution in [2.24, 2.45) is 5.41 Å². The fourth-order valence-corrected chi connectivity index (χ4v) is 1.77. The van der Waals surface area contributed by atoms with Gasteiger partial charge in [0.05, 0.1) is 5.56 Å². The molecule has 1 aromatic heterocycles. The van der Waals surface area contributed by atoms with E-state index in [-0.39, 0.29) is 11.3 Å². The average Bonchev–Trinajstić information content (AvgIpc) is 2.36. The third kappa shape index (κ3) is 4.17. The Hall–Kier alpha value is -1.89. The number of nitrogens with one attached hydrogen (secondary N) is 1. The standard InChI is InChI=1S/C14H19N3O/c1-4-7-14(2,3)10-17-13(18)12-6-5-11(8-15)9-16-12/h5-6,9H,4,7,10H2,1-3H3,(H,17,18). The van der Waals surface area contributed by atoms with Crippen LogP contribution in [-0.2, 0) is 0 Å². The fraction of sp³-hybridized carbons (Fsp3) is 0.500. The minimum atomic E-state index is -0.191. The summed E-state index contributed by atoms with van der Waals surface area (Å²) in [6.07, 6.45) is 3.57. The van der Waals surface area contributed by atoms with Crippen molar-refractivity contribution in [1.82, 2.24) is 10.3 Å². The number of hydrogen-bond acceptors (Lipinski definition) is 3. The Morgan fingerprint density at radius 1 is 1.50 bits per heavy atom. The maximum atomic E-state index is 11.8. The molecule has 1 aromatic rings. The van der Waals surface area contributed by atoms with Gasteiger partial charge in [-0.15, -0.1) is 0 Å². The number of carbonyl (C=O) groups is 1. The third-order valence-electron chi connectivity index (χ3n) is 2.78. The monoisotopic (exact) mass is 245 g/mol. The normalized spacial score (nSPS) is 10.8. The molecule has 4 heteroatoms. The molecule has 0 aromatic carbocycles. The summed E-state index contributed by atoms with van der Waals surface area (Å²) < 4.78 is 0. The van der Waals surface area contributed by atoms with Crippen LogP contribution >= 0.6 is 0 Å². The largest absolute Gasteiger partial charge is 0.350 e. The smallest absolute Gasteiger partial charge is 0.269 e. The molecule has 1 amide bonds. The maximum absolute atomic E-state index is 11.8. The zero-order valence-corrected chi connectivity index (χ0v) is 11.2. The molecule has 0 radical (unpaired) electrons. The van der Waals surface area contributed by atoms with E-state index in [1.54, 1.807) is 12.1 Å². The number of hydrogen-bond donors (Lipinski definition) is 1. The van der Waals surface area contributed by atoms with Gasteiger partial charge in [-0.05, 0) is 24.0 Å². The van der Waals surface area contributed by atoms with Crippen molar-refractivity contribution in [1.29, 1.82) is 5.26 Å². The van der Waals surface area contributed by atoms with Gasteiger partial charge in [-0.3, -0.25) is 4.79 Å². The molecule has 0 aliphatic heterocycles. The van der Waals surface area contributed by atoms with Gasteiger partial charge in [-0.25, -0.2) is 4.98 Å². The van der Waals surface area contributed by atoms with Crippen LogP contribution in [0, 0.1) is 16.7 Å². The highest BCUT2D eigenvalue weighted by Crippen LogP contribution is 2.20. The molecule has 0 bridgehead atoms. The molecule has 1 heterocycles. The van der Waals surface area contributed by atoms with Crippen LogP contribution in [0.15, 0.2) is 18.3 Å². The van der Waals surface area contributed by atoms with Crippen LogP contribution in [0.4, 0.5) is 0 Å². The topological polar surface area (TPSA) is 65.8 Å². The molecule has 18 heavy (non-hydrogen) atoms. The van der Waals surface area contributed by atoms with Gasteiger partial charge >= 0.3 is 0 Å². The number of carbonyl (C=O) groups excluding carboxylic acids is 1. The Labute approximate surface area is 108 Å². The van der Waals surface area contributed by atoms with Crippen molar-refractivity contribution in [3.63, 3.8) is 0 Å². The predicted molar refractivity (Wildman–Crippen MR) is 70.0 cm³/mol. The molecule has 0 atom stereocenters. The number of aromatic nitrogens is 1. The second-order valence-corrected chi connectivity index (χ2v) is 5.14. The number of rotatable bonds is 5. The van der Waals surface area contributed by atoms with Crippen molar-refractivity contribution in [3.8, 4) is 6.07 Å². The van der Waals surface area contributed by atoms with E-state index >= 15 is 0 Å². The highest BCUT2D eigenvalue weighted by Gasteiger charge is 2.18. The molecule has 0 aliphatic rings. The summed E-state index contributed by atoms with van der Waals surface area (Å²) in [7, 11) is 0. The predicted octanol–water partition coefficient (Wildman–Crippen LogP) is 2.51. The van der Waals surface area contributed by atoms with Crippen LogP contribution in [0.3, 0.4) is 0 Å². The van der Waals surface area contributed by atoms with Gasteiger partial charge in [-0.1, -0.05) is 27.2 Å². The minimum absolute atomic E-state index is 0.0943. The summed E-state index contributed by atoms with van der Waals surface area (Å²) in [5.74, 6) is -0.191. The van der Waals surface area contributed by atoms with Crippen molar-refractivity contribution in [2.45, 2.75) is 33.6 Å². The van der Waals surface area contributed by atoms with Crippen LogP contribution in [-0.4, -0.2) is 17.4 Å². The summed E-state index contributed by atoms with van der Waals surface area (Å²) in [6.45, 7) is 7.01. The van der Waals surface area contributed by atoms with Crippen LogP contribution in [0.5, 0.6) is 0 Å². The third-order valence-corrected chi connectivity index (χ3v) is 2.78. The lowest BCUT2D eigenvalue weighted by Gasteiger charge is -2.24. The summed E-state index contributed by atoms with van der Waals surface area (Å²) >= 11 is 0. The quantitative estimate of drug-likeness (QED) is 0.866. The Kier molecular flexibility index (Phi) is 4.85. The Bertz CT molecular complexity index is 443. The molecule has 0 saturated carbocycles. The molecular formula is C14H19N3O. The van der Waals surface area contributed by atoms with Gasteiger partial charge < -0.3 is 5.32 Å². The van der Waals surface area contributed by atoms with Crippen molar-refractivity contribution in [3.05, 3.63) is 29.6 Å². The molecule has 96 valence electrons. The molecule has 0 saturated heterocycles. The van der Waals surface area contributed by atoms with E-state index in [9.17, 15) is 4.79 Å². The van der Waals surface area contributed by atoms with Gasteiger partial charge in [0.15, 0.2) is 0 Å². The summed E-state index contributed by atoms with van der Waals surface area (Å²) in [4.78, 5) is 15.8. The van der Waals surface area contributed by atoms with Crippen LogP contribution in [0.1, 0.15) is 49.7 Å². The first kappa shape index (κ1) is 14.2. The van der Waals surface area contributed by atoms with E-state index in [1.807, 2.05) is 6.07 Å². The van der Waals surface area contributed by atoms with Gasteiger partial charge in [0.25, 0.3) is 5.91 Å². The lowest BCUT2D eigenvalue weighted by molar-refractivity contribution is 0.0929. The van der Waals surface area contributed by atoms with E-state index in [0.717, 1.165) is 12.8 Å². The van der Waals surface area contributed by atoms with Crippen LogP contribution in [0.2, 0.25) is 0 Å². The fourth-order valence-electron chi connectivity index (χ4n) is 1.77. The minimum Gasteiger partial charge on any atom is -0.350 e. The molecule has 0 unspecified atom stereocenters. The average molecular weight is 245 g/mol. The van der Waals surface area contributed by atoms with E-state index in [1.165, 1.54) is 6.20 Å². The van der Waals surface area contributed by atoms with Crippen molar-refractivity contribution >= 4 is 5.91 Å². The highest BCUT2D eigenvalue weighted by molar-refractivity contribution is 5.92. The Morgan fingerprint density at radius 3 is 2.72 bits per heavy atom. The van der Waals surface area contributed by atoms with Crippen molar-refractivity contribution < 1.29 is 4.79 Å². The van der Waals surface area contributed by atoms with Crippen LogP contribution < -0.4 is 5.32 Å². The summed E-state index contributed by atoms with van der Waals surface area (Å²) in [5, 5.41) is 11.5. The van der Waals surface area contributed by atoms with E-state index < -0.39 is 0 Å². The number of nitrogens with zero attached hydrogens (tertiary/aromatic N) is 2. The molecular weight excluding hydrogens is 226 g/mol. The zero-order chi connectivity index (χ0) is 13.6. The van der Waals surface area contributed by atoms with Crippen molar-refractivity contribution in [2.75, 3.05) is 6.54 Å². The lowest BCUT2D eigenvalue weighted by atomic mass is 9.88. The number of nitriles is 1. The van der Waals surface area contributed by atoms with E-state index in [4.69, 9.17) is 5.26 Å². The first-order valence-corrected chi connectivity index (χ1v) is 6.13. The van der Waals surface area contributed by atoms with Gasteiger partial charge in [0.2, 0.25) is 0 Å². The first-order chi connectivity index (χ1) is 8.48. The second kappa shape index (κ2) is 6.15. The number of amides is 1. The molecule has 0 spiro atoms. The molecule has 4 nitrogen and oxygen atoms in total. The summed E-state index contributed by atoms with van der Waals surface area (Å²) in [5.41, 5.74) is 0.899. The Morgan fingerprint density at radius 2 is 2.22 bits per heavy atom.